The number of carbonyl (C=O) groups excluding carboxylic acids is 2. The zero-order chi connectivity index (χ0) is 11.5. The topological polar surface area (TPSA) is 80.3 Å². The molecule has 0 bridgehead atoms. The summed E-state index contributed by atoms with van der Waals surface area (Å²) in [6, 6.07) is 0. The fraction of sp³-hybridized carbons (Fsp3) is 0.750. The van der Waals surface area contributed by atoms with E-state index in [-0.39, 0.29) is 70.6 Å². The van der Waals surface area contributed by atoms with Crippen LogP contribution in [0.1, 0.15) is 0 Å². The molecule has 0 aliphatic carbocycles. The fourth-order valence-corrected chi connectivity index (χ4v) is 3.36. The minimum atomic E-state index is -1.03. The van der Waals surface area contributed by atoms with Crippen LogP contribution in [-0.2, 0) is 9.59 Å². The van der Waals surface area contributed by atoms with E-state index in [1.807, 2.05) is 0 Å². The Kier molecular flexibility index (Phi) is 25.4. The quantitative estimate of drug-likeness (QED) is 0.293. The molecular formula is C8H12Na2O4S3. The number of rotatable bonds is 10. The van der Waals surface area contributed by atoms with Crippen molar-refractivity contribution < 1.29 is 78.9 Å². The van der Waals surface area contributed by atoms with Gasteiger partial charge in [-0.1, -0.05) is 0 Å². The number of carbonyl (C=O) groups is 2. The maximum absolute atomic E-state index is 10.0. The molecule has 0 amide bonds. The van der Waals surface area contributed by atoms with E-state index in [4.69, 9.17) is 0 Å². The smallest absolute Gasteiger partial charge is 0.549 e. The monoisotopic (exact) mass is 314 g/mol. The minimum Gasteiger partial charge on any atom is -0.549 e. The zero-order valence-corrected chi connectivity index (χ0v) is 16.5. The Morgan fingerprint density at radius 1 is 0.706 bits per heavy atom. The first-order valence-corrected chi connectivity index (χ1v) is 7.72. The molecule has 0 radical (unpaired) electrons. The van der Waals surface area contributed by atoms with Crippen molar-refractivity contribution in [1.29, 1.82) is 0 Å². The molecule has 0 aliphatic heterocycles. The summed E-state index contributed by atoms with van der Waals surface area (Å²) >= 11 is 4.36. The van der Waals surface area contributed by atoms with Crippen LogP contribution in [-0.4, -0.2) is 46.5 Å². The van der Waals surface area contributed by atoms with E-state index in [9.17, 15) is 19.8 Å². The molecule has 0 heterocycles. The van der Waals surface area contributed by atoms with Crippen LogP contribution in [0.25, 0.3) is 0 Å². The Hall–Kier alpha value is 1.99. The average molecular weight is 314 g/mol. The molecule has 0 saturated carbocycles. The van der Waals surface area contributed by atoms with Crippen molar-refractivity contribution in [2.45, 2.75) is 0 Å². The van der Waals surface area contributed by atoms with Crippen LogP contribution >= 0.6 is 35.3 Å². The number of carboxylic acid groups (broad SMARTS) is 2. The predicted octanol–water partition coefficient (Wildman–Crippen LogP) is -7.31. The van der Waals surface area contributed by atoms with Gasteiger partial charge in [0.2, 0.25) is 0 Å². The third-order valence-electron chi connectivity index (χ3n) is 1.18. The van der Waals surface area contributed by atoms with E-state index in [0.29, 0.717) is 0 Å². The number of thioether (sulfide) groups is 3. The molecule has 9 heteroatoms. The van der Waals surface area contributed by atoms with Crippen molar-refractivity contribution in [3.05, 3.63) is 0 Å². The molecule has 4 nitrogen and oxygen atoms in total. The first-order valence-electron chi connectivity index (χ1n) is 4.26. The largest absolute Gasteiger partial charge is 1.00 e. The summed E-state index contributed by atoms with van der Waals surface area (Å²) in [5.74, 6) is 1.34. The Morgan fingerprint density at radius 2 is 1.00 bits per heavy atom. The molecule has 0 aromatic heterocycles. The third kappa shape index (κ3) is 23.5. The van der Waals surface area contributed by atoms with Crippen molar-refractivity contribution >= 4 is 47.2 Å². The number of carboxylic acids is 2. The number of hydrogen-bond donors (Lipinski definition) is 0. The third-order valence-corrected chi connectivity index (χ3v) is 4.55. The van der Waals surface area contributed by atoms with Gasteiger partial charge in [-0.05, 0) is 0 Å². The van der Waals surface area contributed by atoms with Crippen LogP contribution in [0.4, 0.5) is 0 Å². The molecule has 0 saturated heterocycles. The van der Waals surface area contributed by atoms with Gasteiger partial charge in [0.25, 0.3) is 0 Å². The molecule has 88 valence electrons. The molecule has 0 rings (SSSR count). The second-order valence-electron chi connectivity index (χ2n) is 2.46. The van der Waals surface area contributed by atoms with Gasteiger partial charge in [-0.3, -0.25) is 0 Å². The van der Waals surface area contributed by atoms with Gasteiger partial charge in [-0.2, -0.15) is 35.3 Å². The van der Waals surface area contributed by atoms with E-state index in [2.05, 4.69) is 0 Å². The molecule has 0 N–H and O–H groups in total. The van der Waals surface area contributed by atoms with Crippen LogP contribution in [0.5, 0.6) is 0 Å². The van der Waals surface area contributed by atoms with Gasteiger partial charge < -0.3 is 19.8 Å². The summed E-state index contributed by atoms with van der Waals surface area (Å²) in [5.41, 5.74) is 0. The second-order valence-corrected chi connectivity index (χ2v) is 5.90. The van der Waals surface area contributed by atoms with Gasteiger partial charge >= 0.3 is 59.1 Å². The molecule has 0 spiro atoms. The summed E-state index contributed by atoms with van der Waals surface area (Å²) in [6.45, 7) is 0. The summed E-state index contributed by atoms with van der Waals surface area (Å²) in [4.78, 5) is 20.1. The summed E-state index contributed by atoms with van der Waals surface area (Å²) in [5, 5.41) is 20.1. The first-order chi connectivity index (χ1) is 7.13. The van der Waals surface area contributed by atoms with Crippen LogP contribution in [0.3, 0.4) is 0 Å². The molecular weight excluding hydrogens is 302 g/mol. The maximum Gasteiger partial charge on any atom is 1.00 e. The summed E-state index contributed by atoms with van der Waals surface area (Å²) < 4.78 is 0. The van der Waals surface area contributed by atoms with Gasteiger partial charge in [0, 0.05) is 34.5 Å². The second kappa shape index (κ2) is 18.0. The Balaban J connectivity index is -0.000000980. The number of hydrogen-bond acceptors (Lipinski definition) is 7. The van der Waals surface area contributed by atoms with Gasteiger partial charge in [-0.25, -0.2) is 0 Å². The van der Waals surface area contributed by atoms with Crippen LogP contribution in [0.15, 0.2) is 0 Å². The predicted molar refractivity (Wildman–Crippen MR) is 62.0 cm³/mol. The summed E-state index contributed by atoms with van der Waals surface area (Å²) in [7, 11) is 0. The Bertz CT molecular complexity index is 187. The normalized spacial score (nSPS) is 8.94. The SMILES string of the molecule is O=C([O-])CSCCSCCSCC(=O)[O-].[Na+].[Na+]. The van der Waals surface area contributed by atoms with Gasteiger partial charge in [0.15, 0.2) is 0 Å². The van der Waals surface area contributed by atoms with Crippen molar-refractivity contribution in [2.75, 3.05) is 34.5 Å². The molecule has 0 fully saturated rings. The molecule has 0 atom stereocenters. The molecule has 0 unspecified atom stereocenters. The molecule has 0 aromatic rings. The van der Waals surface area contributed by atoms with Gasteiger partial charge in [0.05, 0.1) is 11.9 Å². The van der Waals surface area contributed by atoms with Crippen LogP contribution in [0.2, 0.25) is 0 Å². The first kappa shape index (κ1) is 24.0. The van der Waals surface area contributed by atoms with E-state index >= 15 is 0 Å². The molecule has 0 aliphatic rings. The molecule has 0 aromatic carbocycles. The van der Waals surface area contributed by atoms with E-state index in [0.717, 1.165) is 23.0 Å². The van der Waals surface area contributed by atoms with Crippen molar-refractivity contribution in [2.24, 2.45) is 0 Å². The van der Waals surface area contributed by atoms with E-state index < -0.39 is 11.9 Å². The number of aliphatic carboxylic acids is 2. The van der Waals surface area contributed by atoms with E-state index in [1.54, 1.807) is 11.8 Å². The Morgan fingerprint density at radius 3 is 1.29 bits per heavy atom. The van der Waals surface area contributed by atoms with Crippen molar-refractivity contribution in [3.63, 3.8) is 0 Å². The van der Waals surface area contributed by atoms with Gasteiger partial charge in [0.1, 0.15) is 0 Å². The maximum atomic E-state index is 10.0. The standard InChI is InChI=1S/C8H14O4S3.2Na/c9-7(10)5-14-3-1-13-2-4-15-6-8(11)12;;/h1-6H2,(H,9,10)(H,11,12);;/q;2*+1/p-2. The van der Waals surface area contributed by atoms with Gasteiger partial charge in [-0.15, -0.1) is 0 Å². The minimum absolute atomic E-state index is 0. The molecule has 17 heavy (non-hydrogen) atoms. The zero-order valence-electron chi connectivity index (χ0n) is 10.1. The Labute approximate surface area is 158 Å². The van der Waals surface area contributed by atoms with Crippen LogP contribution < -0.4 is 69.3 Å². The van der Waals surface area contributed by atoms with Crippen LogP contribution in [0, 0.1) is 0 Å². The van der Waals surface area contributed by atoms with Crippen molar-refractivity contribution in [3.8, 4) is 0 Å². The average Bonchev–Trinajstić information content (AvgIpc) is 2.14. The van der Waals surface area contributed by atoms with E-state index in [1.165, 1.54) is 23.5 Å². The fourth-order valence-electron chi connectivity index (χ4n) is 0.649. The summed E-state index contributed by atoms with van der Waals surface area (Å²) in [6.07, 6.45) is 0. The van der Waals surface area contributed by atoms with Crippen molar-refractivity contribution in [1.82, 2.24) is 0 Å².